The largest absolute Gasteiger partial charge is 0.463 e. The predicted molar refractivity (Wildman–Crippen MR) is 102 cm³/mol. The fraction of sp³-hybridized carbons (Fsp3) is 0.550. The predicted octanol–water partition coefficient (Wildman–Crippen LogP) is 3.60. The molecule has 1 aliphatic rings. The summed E-state index contributed by atoms with van der Waals surface area (Å²) in [4.78, 5) is 17.0. The van der Waals surface area contributed by atoms with Crippen LogP contribution in [0.25, 0.3) is 11.5 Å². The van der Waals surface area contributed by atoms with Crippen molar-refractivity contribution in [1.29, 1.82) is 0 Å². The van der Waals surface area contributed by atoms with Gasteiger partial charge in [-0.3, -0.25) is 4.79 Å². The van der Waals surface area contributed by atoms with Gasteiger partial charge in [-0.05, 0) is 37.1 Å². The summed E-state index contributed by atoms with van der Waals surface area (Å²) in [6.07, 6.45) is 5.74. The van der Waals surface area contributed by atoms with Crippen molar-refractivity contribution in [1.82, 2.24) is 15.1 Å². The van der Waals surface area contributed by atoms with E-state index in [0.717, 1.165) is 69.1 Å². The molecule has 1 amide bonds. The van der Waals surface area contributed by atoms with E-state index in [1.165, 1.54) is 0 Å². The number of anilines is 1. The van der Waals surface area contributed by atoms with Crippen LogP contribution in [0, 0.1) is 5.92 Å². The van der Waals surface area contributed by atoms with Crippen LogP contribution in [0.2, 0.25) is 0 Å². The number of hydrogen-bond donors (Lipinski definition) is 0. The lowest BCUT2D eigenvalue weighted by Crippen LogP contribution is -2.50. The van der Waals surface area contributed by atoms with Gasteiger partial charge >= 0.3 is 0 Å². The second-order valence-electron chi connectivity index (χ2n) is 6.84. The summed E-state index contributed by atoms with van der Waals surface area (Å²) in [5, 5.41) is 8.60. The van der Waals surface area contributed by atoms with E-state index in [-0.39, 0.29) is 5.92 Å². The SMILES string of the molecule is CCCC(CCC)C(=O)N1CCN(c2ccc(-c3ccco3)nn2)CC1. The van der Waals surface area contributed by atoms with Crippen LogP contribution in [0.15, 0.2) is 34.9 Å². The van der Waals surface area contributed by atoms with Gasteiger partial charge in [-0.15, -0.1) is 10.2 Å². The topological polar surface area (TPSA) is 62.5 Å². The number of amides is 1. The van der Waals surface area contributed by atoms with Crippen molar-refractivity contribution in [2.45, 2.75) is 39.5 Å². The van der Waals surface area contributed by atoms with E-state index in [1.807, 2.05) is 29.2 Å². The molecule has 2 aromatic heterocycles. The number of rotatable bonds is 7. The molecule has 6 nitrogen and oxygen atoms in total. The summed E-state index contributed by atoms with van der Waals surface area (Å²) in [5.74, 6) is 2.08. The summed E-state index contributed by atoms with van der Waals surface area (Å²) >= 11 is 0. The van der Waals surface area contributed by atoms with E-state index in [9.17, 15) is 4.79 Å². The Kier molecular flexibility index (Phi) is 6.26. The van der Waals surface area contributed by atoms with E-state index in [2.05, 4.69) is 28.9 Å². The second kappa shape index (κ2) is 8.83. The summed E-state index contributed by atoms with van der Waals surface area (Å²) in [6, 6.07) is 7.61. The highest BCUT2D eigenvalue weighted by Gasteiger charge is 2.27. The van der Waals surface area contributed by atoms with Crippen LogP contribution in [-0.2, 0) is 4.79 Å². The van der Waals surface area contributed by atoms with Gasteiger partial charge in [0.25, 0.3) is 0 Å². The minimum atomic E-state index is 0.184. The molecule has 1 fully saturated rings. The lowest BCUT2D eigenvalue weighted by atomic mass is 9.96. The molecule has 0 saturated carbocycles. The van der Waals surface area contributed by atoms with E-state index >= 15 is 0 Å². The Bertz CT molecular complexity index is 670. The number of nitrogens with zero attached hydrogens (tertiary/aromatic N) is 4. The molecule has 0 aromatic carbocycles. The monoisotopic (exact) mass is 356 g/mol. The molecule has 0 aliphatic carbocycles. The molecule has 1 saturated heterocycles. The number of carbonyl (C=O) groups excluding carboxylic acids is 1. The Morgan fingerprint density at radius 2 is 1.81 bits per heavy atom. The van der Waals surface area contributed by atoms with Gasteiger partial charge in [-0.1, -0.05) is 26.7 Å². The fourth-order valence-electron chi connectivity index (χ4n) is 3.55. The van der Waals surface area contributed by atoms with Crippen molar-refractivity contribution in [3.05, 3.63) is 30.5 Å². The molecule has 0 unspecified atom stereocenters. The summed E-state index contributed by atoms with van der Waals surface area (Å²) in [7, 11) is 0. The minimum absolute atomic E-state index is 0.184. The fourth-order valence-corrected chi connectivity index (χ4v) is 3.55. The van der Waals surface area contributed by atoms with E-state index in [1.54, 1.807) is 6.26 Å². The quantitative estimate of drug-likeness (QED) is 0.758. The molecule has 0 spiro atoms. The van der Waals surface area contributed by atoms with Crippen molar-refractivity contribution < 1.29 is 9.21 Å². The zero-order valence-corrected chi connectivity index (χ0v) is 15.7. The first kappa shape index (κ1) is 18.4. The molecule has 0 radical (unpaired) electrons. The van der Waals surface area contributed by atoms with Gasteiger partial charge in [0.15, 0.2) is 11.6 Å². The molecule has 3 rings (SSSR count). The Labute approximate surface area is 155 Å². The average Bonchev–Trinajstić information content (AvgIpc) is 3.22. The first-order valence-corrected chi connectivity index (χ1v) is 9.64. The molecule has 2 aromatic rings. The van der Waals surface area contributed by atoms with E-state index in [0.29, 0.717) is 5.91 Å². The van der Waals surface area contributed by atoms with Gasteiger partial charge in [-0.2, -0.15) is 0 Å². The molecule has 0 atom stereocenters. The molecule has 26 heavy (non-hydrogen) atoms. The average molecular weight is 356 g/mol. The maximum Gasteiger partial charge on any atom is 0.225 e. The Balaban J connectivity index is 1.57. The maximum absolute atomic E-state index is 12.8. The van der Waals surface area contributed by atoms with Crippen LogP contribution < -0.4 is 4.90 Å². The number of piperazine rings is 1. The van der Waals surface area contributed by atoms with Crippen LogP contribution in [0.1, 0.15) is 39.5 Å². The van der Waals surface area contributed by atoms with Crippen LogP contribution in [0.5, 0.6) is 0 Å². The van der Waals surface area contributed by atoms with Crippen molar-refractivity contribution >= 4 is 11.7 Å². The Morgan fingerprint density at radius 1 is 1.08 bits per heavy atom. The third kappa shape index (κ3) is 4.23. The third-order valence-electron chi connectivity index (χ3n) is 4.96. The number of aromatic nitrogens is 2. The number of hydrogen-bond acceptors (Lipinski definition) is 5. The van der Waals surface area contributed by atoms with Crippen molar-refractivity contribution in [2.75, 3.05) is 31.1 Å². The second-order valence-corrected chi connectivity index (χ2v) is 6.84. The molecular weight excluding hydrogens is 328 g/mol. The van der Waals surface area contributed by atoms with Crippen LogP contribution >= 0.6 is 0 Å². The van der Waals surface area contributed by atoms with Gasteiger partial charge in [0, 0.05) is 32.1 Å². The van der Waals surface area contributed by atoms with Gasteiger partial charge < -0.3 is 14.2 Å². The van der Waals surface area contributed by atoms with Gasteiger partial charge in [0.1, 0.15) is 5.69 Å². The Hall–Kier alpha value is -2.37. The Morgan fingerprint density at radius 3 is 2.35 bits per heavy atom. The zero-order valence-electron chi connectivity index (χ0n) is 15.7. The third-order valence-corrected chi connectivity index (χ3v) is 4.96. The maximum atomic E-state index is 12.8. The first-order valence-electron chi connectivity index (χ1n) is 9.64. The standard InChI is InChI=1S/C20H28N4O2/c1-3-6-16(7-4-2)20(25)24-13-11-23(12-14-24)19-10-9-17(21-22-19)18-8-5-15-26-18/h5,8-10,15-16H,3-4,6-7,11-14H2,1-2H3. The molecular formula is C20H28N4O2. The normalized spacial score (nSPS) is 14.9. The van der Waals surface area contributed by atoms with E-state index < -0.39 is 0 Å². The molecule has 3 heterocycles. The lowest BCUT2D eigenvalue weighted by molar-refractivity contribution is -0.136. The van der Waals surface area contributed by atoms with E-state index in [4.69, 9.17) is 4.42 Å². The first-order chi connectivity index (χ1) is 12.7. The molecule has 6 heteroatoms. The van der Waals surface area contributed by atoms with Crippen molar-refractivity contribution in [3.63, 3.8) is 0 Å². The highest BCUT2D eigenvalue weighted by molar-refractivity contribution is 5.79. The highest BCUT2D eigenvalue weighted by Crippen LogP contribution is 2.21. The summed E-state index contributed by atoms with van der Waals surface area (Å²) in [6.45, 7) is 7.41. The molecule has 1 aliphatic heterocycles. The minimum Gasteiger partial charge on any atom is -0.463 e. The van der Waals surface area contributed by atoms with Crippen LogP contribution in [0.3, 0.4) is 0 Å². The molecule has 0 bridgehead atoms. The van der Waals surface area contributed by atoms with Gasteiger partial charge in [0.05, 0.1) is 6.26 Å². The number of furan rings is 1. The summed E-state index contributed by atoms with van der Waals surface area (Å²) < 4.78 is 5.35. The van der Waals surface area contributed by atoms with Crippen molar-refractivity contribution in [3.8, 4) is 11.5 Å². The van der Waals surface area contributed by atoms with Crippen molar-refractivity contribution in [2.24, 2.45) is 5.92 Å². The van der Waals surface area contributed by atoms with Gasteiger partial charge in [-0.25, -0.2) is 0 Å². The lowest BCUT2D eigenvalue weighted by Gasteiger charge is -2.36. The zero-order chi connectivity index (χ0) is 18.4. The van der Waals surface area contributed by atoms with Gasteiger partial charge in [0.2, 0.25) is 5.91 Å². The highest BCUT2D eigenvalue weighted by atomic mass is 16.3. The summed E-state index contributed by atoms with van der Waals surface area (Å²) in [5.41, 5.74) is 0.731. The molecule has 0 N–H and O–H groups in total. The smallest absolute Gasteiger partial charge is 0.225 e. The van der Waals surface area contributed by atoms with Crippen LogP contribution in [0.4, 0.5) is 5.82 Å². The van der Waals surface area contributed by atoms with Crippen LogP contribution in [-0.4, -0.2) is 47.2 Å². The number of carbonyl (C=O) groups is 1. The molecule has 140 valence electrons.